The van der Waals surface area contributed by atoms with Crippen molar-refractivity contribution in [3.63, 3.8) is 0 Å². The van der Waals surface area contributed by atoms with Crippen LogP contribution in [0.25, 0.3) is 0 Å². The van der Waals surface area contributed by atoms with Gasteiger partial charge in [-0.15, -0.1) is 0 Å². The molecule has 0 bridgehead atoms. The number of amides is 1. The number of rotatable bonds is 1. The average molecular weight is 312 g/mol. The Labute approximate surface area is 124 Å². The molecule has 2 aromatic rings. The number of hydrogen-bond donors (Lipinski definition) is 0. The van der Waals surface area contributed by atoms with Crippen molar-refractivity contribution in [1.82, 2.24) is 9.97 Å². The molecule has 0 fully saturated rings. The van der Waals surface area contributed by atoms with Crippen LogP contribution in [-0.4, -0.2) is 15.9 Å². The second kappa shape index (κ2) is 4.68. The van der Waals surface area contributed by atoms with E-state index in [0.717, 1.165) is 0 Å². The normalized spacial score (nSPS) is 17.5. The van der Waals surface area contributed by atoms with Crippen LogP contribution in [0.1, 0.15) is 18.4 Å². The average Bonchev–Trinajstić information content (AvgIpc) is 2.63. The second-order valence-electron chi connectivity index (χ2n) is 4.39. The van der Waals surface area contributed by atoms with Gasteiger partial charge in [-0.3, -0.25) is 9.69 Å². The second-order valence-corrected chi connectivity index (χ2v) is 5.09. The molecule has 1 aliphatic heterocycles. The quantitative estimate of drug-likeness (QED) is 0.596. The third kappa shape index (κ3) is 1.94. The van der Waals surface area contributed by atoms with E-state index in [-0.39, 0.29) is 22.2 Å². The lowest BCUT2D eigenvalue weighted by Gasteiger charge is -2.16. The van der Waals surface area contributed by atoms with Crippen molar-refractivity contribution >= 4 is 40.6 Å². The van der Waals surface area contributed by atoms with Crippen LogP contribution in [0.3, 0.4) is 0 Å². The molecular weight excluding hydrogens is 304 g/mol. The predicted octanol–water partition coefficient (Wildman–Crippen LogP) is 3.70. The topological polar surface area (TPSA) is 46.1 Å². The van der Waals surface area contributed by atoms with Gasteiger partial charge in [0, 0.05) is 5.56 Å². The molecule has 102 valence electrons. The zero-order valence-corrected chi connectivity index (χ0v) is 11.8. The van der Waals surface area contributed by atoms with Crippen LogP contribution in [0, 0.1) is 5.82 Å². The maximum atomic E-state index is 13.0. The molecule has 4 nitrogen and oxygen atoms in total. The number of benzene rings is 1. The molecule has 3 rings (SSSR count). The van der Waals surface area contributed by atoms with Gasteiger partial charge in [-0.1, -0.05) is 11.6 Å². The van der Waals surface area contributed by atoms with E-state index in [4.69, 9.17) is 23.2 Å². The van der Waals surface area contributed by atoms with Gasteiger partial charge in [0.15, 0.2) is 0 Å². The van der Waals surface area contributed by atoms with Gasteiger partial charge in [0.05, 0.1) is 11.6 Å². The Kier molecular flexibility index (Phi) is 3.11. The summed E-state index contributed by atoms with van der Waals surface area (Å²) in [6, 6.07) is 5.54. The van der Waals surface area contributed by atoms with Crippen molar-refractivity contribution in [2.45, 2.75) is 12.8 Å². The van der Waals surface area contributed by atoms with Gasteiger partial charge in [0.1, 0.15) is 16.8 Å². The van der Waals surface area contributed by atoms with Crippen LogP contribution in [0.4, 0.5) is 15.9 Å². The van der Waals surface area contributed by atoms with Gasteiger partial charge < -0.3 is 0 Å². The Bertz CT molecular complexity index is 706. The molecule has 1 atom stereocenters. The summed E-state index contributed by atoms with van der Waals surface area (Å²) in [6.45, 7) is 1.72. The monoisotopic (exact) mass is 311 g/mol. The molecule has 0 saturated heterocycles. The number of halogens is 3. The molecule has 0 N–H and O–H groups in total. The summed E-state index contributed by atoms with van der Waals surface area (Å²) >= 11 is 11.8. The van der Waals surface area contributed by atoms with Crippen LogP contribution in [0.2, 0.25) is 10.4 Å². The van der Waals surface area contributed by atoms with Crippen LogP contribution < -0.4 is 4.90 Å². The molecule has 1 aromatic heterocycles. The molecule has 20 heavy (non-hydrogen) atoms. The fourth-order valence-electron chi connectivity index (χ4n) is 2.21. The number of anilines is 2. The molecular formula is C13H8Cl2FN3O. The number of hydrogen-bond acceptors (Lipinski definition) is 3. The Balaban J connectivity index is 2.20. The van der Waals surface area contributed by atoms with Gasteiger partial charge in [-0.2, -0.15) is 4.98 Å². The van der Waals surface area contributed by atoms with E-state index in [9.17, 15) is 9.18 Å². The molecule has 0 radical (unpaired) electrons. The molecule has 0 saturated carbocycles. The lowest BCUT2D eigenvalue weighted by molar-refractivity contribution is -0.118. The maximum absolute atomic E-state index is 13.0. The molecule has 1 amide bonds. The van der Waals surface area contributed by atoms with Crippen LogP contribution in [0.5, 0.6) is 0 Å². The van der Waals surface area contributed by atoms with Crippen LogP contribution in [0.15, 0.2) is 24.3 Å². The molecule has 1 unspecified atom stereocenters. The third-order valence-electron chi connectivity index (χ3n) is 3.17. The van der Waals surface area contributed by atoms with Gasteiger partial charge in [0.2, 0.25) is 11.2 Å². The molecule has 1 aromatic carbocycles. The summed E-state index contributed by atoms with van der Waals surface area (Å²) < 4.78 is 13.0. The standard InChI is InChI=1S/C13H8Cl2FN3O/c1-6-9-10(14)17-13(15)18-11(9)19(12(6)20)8-4-2-7(16)3-5-8/h2-6H,1H3. The predicted molar refractivity (Wildman–Crippen MR) is 74.0 cm³/mol. The minimum atomic E-state index is -0.472. The van der Waals surface area contributed by atoms with Gasteiger partial charge in [-0.25, -0.2) is 9.37 Å². The summed E-state index contributed by atoms with van der Waals surface area (Å²) in [7, 11) is 0. The zero-order chi connectivity index (χ0) is 14.4. The van der Waals surface area contributed by atoms with Crippen LogP contribution >= 0.6 is 23.2 Å². The van der Waals surface area contributed by atoms with Crippen molar-refractivity contribution in [3.8, 4) is 0 Å². The molecule has 0 aliphatic carbocycles. The number of fused-ring (bicyclic) bond motifs is 1. The smallest absolute Gasteiger partial charge is 0.240 e. The highest BCUT2D eigenvalue weighted by molar-refractivity contribution is 6.33. The Morgan fingerprint density at radius 1 is 1.20 bits per heavy atom. The Morgan fingerprint density at radius 2 is 1.85 bits per heavy atom. The number of nitrogens with zero attached hydrogens (tertiary/aromatic N) is 3. The fraction of sp³-hybridized carbons (Fsp3) is 0.154. The van der Waals surface area contributed by atoms with Crippen molar-refractivity contribution in [1.29, 1.82) is 0 Å². The van der Waals surface area contributed by atoms with Crippen molar-refractivity contribution in [3.05, 3.63) is 46.1 Å². The SMILES string of the molecule is CC1C(=O)N(c2ccc(F)cc2)c2nc(Cl)nc(Cl)c21. The van der Waals surface area contributed by atoms with Gasteiger partial charge >= 0.3 is 0 Å². The first-order valence-electron chi connectivity index (χ1n) is 5.81. The number of carbonyl (C=O) groups is 1. The minimum absolute atomic E-state index is 0.0391. The highest BCUT2D eigenvalue weighted by Crippen LogP contribution is 2.43. The first kappa shape index (κ1) is 13.3. The number of aromatic nitrogens is 2. The Hall–Kier alpha value is -1.72. The van der Waals surface area contributed by atoms with Crippen LogP contribution in [-0.2, 0) is 4.79 Å². The summed E-state index contributed by atoms with van der Waals surface area (Å²) in [4.78, 5) is 21.7. The molecule has 1 aliphatic rings. The van der Waals surface area contributed by atoms with E-state index in [0.29, 0.717) is 17.1 Å². The van der Waals surface area contributed by atoms with Crippen molar-refractivity contribution in [2.75, 3.05) is 4.90 Å². The van der Waals surface area contributed by atoms with E-state index >= 15 is 0 Å². The lowest BCUT2D eigenvalue weighted by Crippen LogP contribution is -2.23. The molecule has 0 spiro atoms. The first-order valence-corrected chi connectivity index (χ1v) is 6.57. The highest BCUT2D eigenvalue weighted by atomic mass is 35.5. The van der Waals surface area contributed by atoms with E-state index in [1.165, 1.54) is 29.2 Å². The van der Waals surface area contributed by atoms with Gasteiger partial charge in [0.25, 0.3) is 0 Å². The molecule has 7 heteroatoms. The Morgan fingerprint density at radius 3 is 2.50 bits per heavy atom. The number of carbonyl (C=O) groups excluding carboxylic acids is 1. The first-order chi connectivity index (χ1) is 9.49. The zero-order valence-electron chi connectivity index (χ0n) is 10.3. The van der Waals surface area contributed by atoms with E-state index in [2.05, 4.69) is 9.97 Å². The van der Waals surface area contributed by atoms with E-state index in [1.54, 1.807) is 6.92 Å². The highest BCUT2D eigenvalue weighted by Gasteiger charge is 2.39. The summed E-state index contributed by atoms with van der Waals surface area (Å²) in [5.41, 5.74) is 1.04. The summed E-state index contributed by atoms with van der Waals surface area (Å²) in [5.74, 6) is -0.712. The van der Waals surface area contributed by atoms with E-state index < -0.39 is 5.92 Å². The third-order valence-corrected chi connectivity index (χ3v) is 3.63. The van der Waals surface area contributed by atoms with Crippen molar-refractivity contribution in [2.24, 2.45) is 0 Å². The summed E-state index contributed by atoms with van der Waals surface area (Å²) in [5, 5.41) is 0.119. The largest absolute Gasteiger partial charge is 0.273 e. The van der Waals surface area contributed by atoms with E-state index in [1.807, 2.05) is 0 Å². The molecule has 2 heterocycles. The fourth-order valence-corrected chi connectivity index (χ4v) is 2.75. The lowest BCUT2D eigenvalue weighted by atomic mass is 10.1. The van der Waals surface area contributed by atoms with Crippen molar-refractivity contribution < 1.29 is 9.18 Å². The maximum Gasteiger partial charge on any atom is 0.240 e. The van der Waals surface area contributed by atoms with Gasteiger partial charge in [-0.05, 0) is 42.8 Å². The minimum Gasteiger partial charge on any atom is -0.273 e. The summed E-state index contributed by atoms with van der Waals surface area (Å²) in [6.07, 6.45) is 0.